The Morgan fingerprint density at radius 1 is 1.36 bits per heavy atom. The minimum absolute atomic E-state index is 0.0717. The molecule has 22 heavy (non-hydrogen) atoms. The summed E-state index contributed by atoms with van der Waals surface area (Å²) in [6.07, 6.45) is 3.12. The average molecular weight is 326 g/mol. The largest absolute Gasteiger partial charge is 0.389 e. The van der Waals surface area contributed by atoms with Gasteiger partial charge in [-0.3, -0.25) is 4.79 Å². The lowest BCUT2D eigenvalue weighted by Crippen LogP contribution is -2.46. The van der Waals surface area contributed by atoms with Gasteiger partial charge in [0.25, 0.3) is 0 Å². The molecule has 5 heteroatoms. The Bertz CT molecular complexity index is 497. The molecule has 0 aliphatic heterocycles. The van der Waals surface area contributed by atoms with Gasteiger partial charge in [-0.2, -0.15) is 0 Å². The molecule has 1 N–H and O–H groups in total. The van der Waals surface area contributed by atoms with E-state index in [1.807, 2.05) is 24.3 Å². The number of rotatable bonds is 6. The third kappa shape index (κ3) is 3.62. The monoisotopic (exact) mass is 325 g/mol. The van der Waals surface area contributed by atoms with Crippen LogP contribution in [0.25, 0.3) is 0 Å². The maximum absolute atomic E-state index is 13.0. The van der Waals surface area contributed by atoms with Crippen molar-refractivity contribution in [2.24, 2.45) is 0 Å². The van der Waals surface area contributed by atoms with E-state index in [1.165, 1.54) is 7.11 Å². The summed E-state index contributed by atoms with van der Waals surface area (Å²) in [4.78, 5) is 14.7. The number of hydrogen-bond donors (Lipinski definition) is 1. The Balaban J connectivity index is 2.20. The number of amides is 1. The number of likely N-dealkylation sites (N-methyl/N-ethyl adjacent to an activating group) is 1. The summed E-state index contributed by atoms with van der Waals surface area (Å²) < 4.78 is 4.93. The molecule has 0 radical (unpaired) electrons. The van der Waals surface area contributed by atoms with Crippen molar-refractivity contribution in [3.8, 4) is 0 Å². The molecule has 1 aliphatic carbocycles. The summed E-state index contributed by atoms with van der Waals surface area (Å²) in [6, 6.07) is 7.57. The SMILES string of the molecule is COCC(O)CN(C)C(=O)C1(c2ccc(Cl)cc2)CCCC1. The highest BCUT2D eigenvalue weighted by molar-refractivity contribution is 6.30. The van der Waals surface area contributed by atoms with Crippen molar-refractivity contribution in [3.05, 3.63) is 34.9 Å². The maximum Gasteiger partial charge on any atom is 0.233 e. The number of aliphatic hydroxyl groups excluding tert-OH is 1. The van der Waals surface area contributed by atoms with Gasteiger partial charge in [0, 0.05) is 25.7 Å². The third-order valence-corrected chi connectivity index (χ3v) is 4.71. The van der Waals surface area contributed by atoms with E-state index in [4.69, 9.17) is 16.3 Å². The zero-order chi connectivity index (χ0) is 16.2. The van der Waals surface area contributed by atoms with Crippen molar-refractivity contribution in [1.82, 2.24) is 4.90 Å². The average Bonchev–Trinajstić information content (AvgIpc) is 2.98. The van der Waals surface area contributed by atoms with Gasteiger partial charge in [0.2, 0.25) is 5.91 Å². The lowest BCUT2D eigenvalue weighted by molar-refractivity contribution is -0.137. The molecule has 122 valence electrons. The van der Waals surface area contributed by atoms with E-state index in [0.29, 0.717) is 5.02 Å². The van der Waals surface area contributed by atoms with Crippen molar-refractivity contribution in [3.63, 3.8) is 0 Å². The second kappa shape index (κ2) is 7.44. The summed E-state index contributed by atoms with van der Waals surface area (Å²) in [6.45, 7) is 0.508. The van der Waals surface area contributed by atoms with E-state index >= 15 is 0 Å². The molecule has 1 fully saturated rings. The minimum Gasteiger partial charge on any atom is -0.389 e. The normalized spacial score (nSPS) is 18.2. The van der Waals surface area contributed by atoms with Crippen LogP contribution in [-0.4, -0.2) is 49.3 Å². The zero-order valence-electron chi connectivity index (χ0n) is 13.2. The molecule has 0 bridgehead atoms. The van der Waals surface area contributed by atoms with E-state index < -0.39 is 11.5 Å². The minimum atomic E-state index is -0.664. The Kier molecular flexibility index (Phi) is 5.84. The standard InChI is InChI=1S/C17H24ClNO3/c1-19(11-15(20)12-22-2)16(21)17(9-3-4-10-17)13-5-7-14(18)8-6-13/h5-8,15,20H,3-4,9-12H2,1-2H3. The molecule has 0 heterocycles. The third-order valence-electron chi connectivity index (χ3n) is 4.45. The first-order chi connectivity index (χ1) is 10.5. The van der Waals surface area contributed by atoms with Crippen LogP contribution in [0.4, 0.5) is 0 Å². The maximum atomic E-state index is 13.0. The number of halogens is 1. The first-order valence-corrected chi connectivity index (χ1v) is 8.06. The van der Waals surface area contributed by atoms with Crippen molar-refractivity contribution in [2.75, 3.05) is 27.3 Å². The van der Waals surface area contributed by atoms with Crippen LogP contribution < -0.4 is 0 Å². The van der Waals surface area contributed by atoms with E-state index in [2.05, 4.69) is 0 Å². The highest BCUT2D eigenvalue weighted by Crippen LogP contribution is 2.42. The second-order valence-electron chi connectivity index (χ2n) is 6.09. The van der Waals surface area contributed by atoms with Crippen LogP contribution in [0.5, 0.6) is 0 Å². The summed E-state index contributed by atoms with van der Waals surface area (Å²) in [5.74, 6) is 0.0717. The molecule has 1 saturated carbocycles. The fourth-order valence-electron chi connectivity index (χ4n) is 3.38. The molecular formula is C17H24ClNO3. The van der Waals surface area contributed by atoms with Crippen LogP contribution in [0.3, 0.4) is 0 Å². The van der Waals surface area contributed by atoms with Gasteiger partial charge >= 0.3 is 0 Å². The summed E-state index contributed by atoms with van der Waals surface area (Å²) in [7, 11) is 3.29. The molecule has 0 saturated heterocycles. The fourth-order valence-corrected chi connectivity index (χ4v) is 3.51. The lowest BCUT2D eigenvalue weighted by atomic mass is 9.77. The molecule has 1 unspecified atom stereocenters. The molecular weight excluding hydrogens is 302 g/mol. The van der Waals surface area contributed by atoms with Crippen LogP contribution in [-0.2, 0) is 14.9 Å². The van der Waals surface area contributed by atoms with Gasteiger partial charge in [0.15, 0.2) is 0 Å². The van der Waals surface area contributed by atoms with Gasteiger partial charge in [-0.15, -0.1) is 0 Å². The second-order valence-corrected chi connectivity index (χ2v) is 6.53. The van der Waals surface area contributed by atoms with Crippen molar-refractivity contribution < 1.29 is 14.6 Å². The number of benzene rings is 1. The van der Waals surface area contributed by atoms with E-state index in [-0.39, 0.29) is 19.1 Å². The van der Waals surface area contributed by atoms with E-state index in [1.54, 1.807) is 11.9 Å². The van der Waals surface area contributed by atoms with Gasteiger partial charge < -0.3 is 14.7 Å². The quantitative estimate of drug-likeness (QED) is 0.874. The molecule has 1 aromatic rings. The molecule has 0 spiro atoms. The molecule has 2 rings (SSSR count). The predicted octanol–water partition coefficient (Wildman–Crippen LogP) is 2.62. The molecule has 1 amide bonds. The van der Waals surface area contributed by atoms with Gasteiger partial charge in [-0.1, -0.05) is 36.6 Å². The summed E-state index contributed by atoms with van der Waals surface area (Å²) in [5, 5.41) is 10.5. The fraction of sp³-hybridized carbons (Fsp3) is 0.588. The molecule has 1 atom stereocenters. The van der Waals surface area contributed by atoms with Gasteiger partial charge in [0.05, 0.1) is 18.1 Å². The first-order valence-electron chi connectivity index (χ1n) is 7.68. The van der Waals surface area contributed by atoms with Crippen LogP contribution in [0.2, 0.25) is 5.02 Å². The Morgan fingerprint density at radius 2 is 1.95 bits per heavy atom. The predicted molar refractivity (Wildman–Crippen MR) is 87.1 cm³/mol. The van der Waals surface area contributed by atoms with Crippen LogP contribution in [0, 0.1) is 0 Å². The van der Waals surface area contributed by atoms with E-state index in [9.17, 15) is 9.90 Å². The number of methoxy groups -OCH3 is 1. The summed E-state index contributed by atoms with van der Waals surface area (Å²) >= 11 is 5.97. The Morgan fingerprint density at radius 3 is 2.50 bits per heavy atom. The number of nitrogens with zero attached hydrogens (tertiary/aromatic N) is 1. The molecule has 0 aromatic heterocycles. The number of carbonyl (C=O) groups is 1. The van der Waals surface area contributed by atoms with Crippen LogP contribution >= 0.6 is 11.6 Å². The Labute approximate surface area is 137 Å². The van der Waals surface area contributed by atoms with Gasteiger partial charge in [-0.25, -0.2) is 0 Å². The van der Waals surface area contributed by atoms with Crippen molar-refractivity contribution in [1.29, 1.82) is 0 Å². The highest BCUT2D eigenvalue weighted by Gasteiger charge is 2.44. The highest BCUT2D eigenvalue weighted by atomic mass is 35.5. The number of carbonyl (C=O) groups excluding carboxylic acids is 1. The zero-order valence-corrected chi connectivity index (χ0v) is 14.0. The lowest BCUT2D eigenvalue weighted by Gasteiger charge is -2.33. The van der Waals surface area contributed by atoms with E-state index in [0.717, 1.165) is 31.2 Å². The smallest absolute Gasteiger partial charge is 0.233 e. The van der Waals surface area contributed by atoms with Crippen LogP contribution in [0.15, 0.2) is 24.3 Å². The van der Waals surface area contributed by atoms with Crippen LogP contribution in [0.1, 0.15) is 31.2 Å². The molecule has 4 nitrogen and oxygen atoms in total. The molecule has 1 aromatic carbocycles. The van der Waals surface area contributed by atoms with Crippen molar-refractivity contribution in [2.45, 2.75) is 37.2 Å². The number of aliphatic hydroxyl groups is 1. The first kappa shape index (κ1) is 17.3. The number of ether oxygens (including phenoxy) is 1. The Hall–Kier alpha value is -1.10. The van der Waals surface area contributed by atoms with Crippen molar-refractivity contribution >= 4 is 17.5 Å². The van der Waals surface area contributed by atoms with Gasteiger partial charge in [0.1, 0.15) is 0 Å². The summed E-state index contributed by atoms with van der Waals surface area (Å²) in [5.41, 5.74) is 0.541. The topological polar surface area (TPSA) is 49.8 Å². The molecule has 1 aliphatic rings. The number of hydrogen-bond acceptors (Lipinski definition) is 3. The van der Waals surface area contributed by atoms with Gasteiger partial charge in [-0.05, 0) is 30.5 Å².